The second-order valence-electron chi connectivity index (χ2n) is 3.67. The summed E-state index contributed by atoms with van der Waals surface area (Å²) in [4.78, 5) is 13.2. The highest BCUT2D eigenvalue weighted by Gasteiger charge is 2.23. The molecule has 4 heteroatoms. The van der Waals surface area contributed by atoms with Gasteiger partial charge >= 0.3 is 0 Å². The van der Waals surface area contributed by atoms with Crippen LogP contribution in [0.2, 0.25) is 0 Å². The van der Waals surface area contributed by atoms with Crippen molar-refractivity contribution in [3.8, 4) is 0 Å². The fraction of sp³-hybridized carbons (Fsp3) is 0.700. The monoisotopic (exact) mass is 198 g/mol. The van der Waals surface area contributed by atoms with E-state index < -0.39 is 0 Å². The Kier molecular flexibility index (Phi) is 4.10. The van der Waals surface area contributed by atoms with E-state index >= 15 is 0 Å². The second-order valence-corrected chi connectivity index (χ2v) is 3.67. The normalized spacial score (nSPS) is 25.4. The first kappa shape index (κ1) is 11.2. The van der Waals surface area contributed by atoms with E-state index in [-0.39, 0.29) is 18.1 Å². The second kappa shape index (κ2) is 5.12. The zero-order valence-corrected chi connectivity index (χ0v) is 8.82. The van der Waals surface area contributed by atoms with Crippen LogP contribution in [0.1, 0.15) is 6.92 Å². The predicted octanol–water partition coefficient (Wildman–Crippen LogP) is 0.00770. The van der Waals surface area contributed by atoms with E-state index in [1.807, 2.05) is 6.92 Å². The van der Waals surface area contributed by atoms with Crippen LogP contribution in [0.25, 0.3) is 0 Å². The Morgan fingerprint density at radius 1 is 1.79 bits per heavy atom. The van der Waals surface area contributed by atoms with Crippen LogP contribution in [0.5, 0.6) is 0 Å². The van der Waals surface area contributed by atoms with Gasteiger partial charge in [0.1, 0.15) is 0 Å². The van der Waals surface area contributed by atoms with Gasteiger partial charge in [-0.15, -0.1) is 0 Å². The molecule has 0 radical (unpaired) electrons. The minimum absolute atomic E-state index is 0.0308. The van der Waals surface area contributed by atoms with Gasteiger partial charge < -0.3 is 15.0 Å². The highest BCUT2D eigenvalue weighted by molar-refractivity contribution is 5.87. The first-order chi connectivity index (χ1) is 6.63. The Bertz CT molecular complexity index is 218. The number of carbonyl (C=O) groups excluding carboxylic acids is 1. The van der Waals surface area contributed by atoms with Crippen molar-refractivity contribution in [3.05, 3.63) is 12.7 Å². The molecule has 0 bridgehead atoms. The molecule has 14 heavy (non-hydrogen) atoms. The van der Waals surface area contributed by atoms with Gasteiger partial charge in [0.15, 0.2) is 0 Å². The van der Waals surface area contributed by atoms with E-state index in [9.17, 15) is 4.79 Å². The zero-order valence-electron chi connectivity index (χ0n) is 8.82. The van der Waals surface area contributed by atoms with Crippen LogP contribution in [0.3, 0.4) is 0 Å². The molecule has 0 saturated carbocycles. The van der Waals surface area contributed by atoms with Gasteiger partial charge in [-0.25, -0.2) is 0 Å². The summed E-state index contributed by atoms with van der Waals surface area (Å²) in [5, 5.41) is 2.81. The third-order valence-electron chi connectivity index (χ3n) is 2.41. The van der Waals surface area contributed by atoms with Crippen LogP contribution in [0, 0.1) is 0 Å². The summed E-state index contributed by atoms with van der Waals surface area (Å²) in [5.41, 5.74) is 0. The van der Waals surface area contributed by atoms with Crippen LogP contribution in [-0.4, -0.2) is 49.7 Å². The molecule has 2 atom stereocenters. The van der Waals surface area contributed by atoms with E-state index in [0.29, 0.717) is 0 Å². The van der Waals surface area contributed by atoms with Gasteiger partial charge in [-0.3, -0.25) is 4.79 Å². The Hall–Kier alpha value is -0.870. The SMILES string of the molecule is C=CC(=O)NC(C)C1CN(C)CCO1. The number of hydrogen-bond donors (Lipinski definition) is 1. The first-order valence-corrected chi connectivity index (χ1v) is 4.86. The molecule has 2 unspecified atom stereocenters. The minimum Gasteiger partial charge on any atom is -0.373 e. The molecule has 1 rings (SSSR count). The van der Waals surface area contributed by atoms with E-state index in [0.717, 1.165) is 19.7 Å². The number of ether oxygens (including phenoxy) is 1. The predicted molar refractivity (Wildman–Crippen MR) is 55.0 cm³/mol. The number of likely N-dealkylation sites (N-methyl/N-ethyl adjacent to an activating group) is 1. The molecule has 0 aromatic carbocycles. The van der Waals surface area contributed by atoms with Crippen molar-refractivity contribution in [2.45, 2.75) is 19.1 Å². The van der Waals surface area contributed by atoms with Gasteiger partial charge in [-0.2, -0.15) is 0 Å². The molecular weight excluding hydrogens is 180 g/mol. The van der Waals surface area contributed by atoms with Gasteiger partial charge in [0, 0.05) is 13.1 Å². The lowest BCUT2D eigenvalue weighted by Gasteiger charge is -2.33. The number of nitrogens with zero attached hydrogens (tertiary/aromatic N) is 1. The van der Waals surface area contributed by atoms with Crippen molar-refractivity contribution in [1.29, 1.82) is 0 Å². The maximum Gasteiger partial charge on any atom is 0.243 e. The van der Waals surface area contributed by atoms with Crippen molar-refractivity contribution in [3.63, 3.8) is 0 Å². The summed E-state index contributed by atoms with van der Waals surface area (Å²) >= 11 is 0. The molecule has 1 saturated heterocycles. The topological polar surface area (TPSA) is 41.6 Å². The third kappa shape index (κ3) is 3.12. The van der Waals surface area contributed by atoms with Gasteiger partial charge in [0.05, 0.1) is 18.8 Å². The molecule has 0 spiro atoms. The standard InChI is InChI=1S/C10H18N2O2/c1-4-10(13)11-8(2)9-7-12(3)5-6-14-9/h4,8-9H,1,5-7H2,2-3H3,(H,11,13). The molecule has 1 aliphatic heterocycles. The number of morpholine rings is 1. The lowest BCUT2D eigenvalue weighted by Crippen LogP contribution is -2.51. The molecule has 0 aromatic heterocycles. The summed E-state index contributed by atoms with van der Waals surface area (Å²) in [6, 6.07) is 0.0308. The highest BCUT2D eigenvalue weighted by atomic mass is 16.5. The number of carbonyl (C=O) groups is 1. The van der Waals surface area contributed by atoms with Crippen LogP contribution < -0.4 is 5.32 Å². The molecular formula is C10H18N2O2. The lowest BCUT2D eigenvalue weighted by molar-refractivity contribution is -0.119. The van der Waals surface area contributed by atoms with Gasteiger partial charge in [-0.1, -0.05) is 6.58 Å². The van der Waals surface area contributed by atoms with Gasteiger partial charge in [0.2, 0.25) is 5.91 Å². The summed E-state index contributed by atoms with van der Waals surface area (Å²) < 4.78 is 5.56. The fourth-order valence-corrected chi connectivity index (χ4v) is 1.49. The molecule has 0 aliphatic carbocycles. The minimum atomic E-state index is -0.144. The van der Waals surface area contributed by atoms with Crippen molar-refractivity contribution in [2.75, 3.05) is 26.7 Å². The molecule has 1 N–H and O–H groups in total. The molecule has 1 aliphatic rings. The summed E-state index contributed by atoms with van der Waals surface area (Å²) in [6.07, 6.45) is 1.36. The van der Waals surface area contributed by atoms with Crippen molar-refractivity contribution >= 4 is 5.91 Å². The van der Waals surface area contributed by atoms with Gasteiger partial charge in [0.25, 0.3) is 0 Å². The highest BCUT2D eigenvalue weighted by Crippen LogP contribution is 2.06. The average molecular weight is 198 g/mol. The number of nitrogens with one attached hydrogen (secondary N) is 1. The largest absolute Gasteiger partial charge is 0.373 e. The fourth-order valence-electron chi connectivity index (χ4n) is 1.49. The molecule has 1 heterocycles. The van der Waals surface area contributed by atoms with Crippen molar-refractivity contribution in [1.82, 2.24) is 10.2 Å². The number of amides is 1. The Morgan fingerprint density at radius 2 is 2.50 bits per heavy atom. The van der Waals surface area contributed by atoms with Crippen LogP contribution in [0.4, 0.5) is 0 Å². The van der Waals surface area contributed by atoms with Crippen molar-refractivity contribution < 1.29 is 9.53 Å². The molecule has 4 nitrogen and oxygen atoms in total. The van der Waals surface area contributed by atoms with Crippen LogP contribution in [-0.2, 0) is 9.53 Å². The zero-order chi connectivity index (χ0) is 10.6. The van der Waals surface area contributed by atoms with E-state index in [2.05, 4.69) is 23.8 Å². The maximum atomic E-state index is 11.0. The van der Waals surface area contributed by atoms with Crippen LogP contribution in [0.15, 0.2) is 12.7 Å². The molecule has 1 fully saturated rings. The smallest absolute Gasteiger partial charge is 0.243 e. The van der Waals surface area contributed by atoms with Gasteiger partial charge in [-0.05, 0) is 20.0 Å². The number of rotatable bonds is 3. The molecule has 1 amide bonds. The average Bonchev–Trinajstić information content (AvgIpc) is 2.17. The molecule has 0 aromatic rings. The van der Waals surface area contributed by atoms with E-state index in [1.165, 1.54) is 6.08 Å². The maximum absolute atomic E-state index is 11.0. The lowest BCUT2D eigenvalue weighted by atomic mass is 10.1. The quantitative estimate of drug-likeness (QED) is 0.649. The Morgan fingerprint density at radius 3 is 3.07 bits per heavy atom. The Balaban J connectivity index is 2.39. The summed E-state index contributed by atoms with van der Waals surface area (Å²) in [6.45, 7) is 7.91. The summed E-state index contributed by atoms with van der Waals surface area (Å²) in [7, 11) is 2.05. The molecule has 80 valence electrons. The van der Waals surface area contributed by atoms with E-state index in [4.69, 9.17) is 4.74 Å². The number of hydrogen-bond acceptors (Lipinski definition) is 3. The van der Waals surface area contributed by atoms with Crippen LogP contribution >= 0.6 is 0 Å². The summed E-state index contributed by atoms with van der Waals surface area (Å²) in [5.74, 6) is -0.144. The third-order valence-corrected chi connectivity index (χ3v) is 2.41. The van der Waals surface area contributed by atoms with E-state index in [1.54, 1.807) is 0 Å². The Labute approximate surface area is 84.9 Å². The van der Waals surface area contributed by atoms with Crippen molar-refractivity contribution in [2.24, 2.45) is 0 Å². The first-order valence-electron chi connectivity index (χ1n) is 4.86.